The summed E-state index contributed by atoms with van der Waals surface area (Å²) in [6.45, 7) is 4.48. The molecule has 4 aromatic carbocycles. The highest BCUT2D eigenvalue weighted by Gasteiger charge is 2.12. The second-order valence-electron chi connectivity index (χ2n) is 10.8. The lowest BCUT2D eigenvalue weighted by Gasteiger charge is -2.00. The van der Waals surface area contributed by atoms with Crippen LogP contribution in [0.25, 0.3) is 31.2 Å². The van der Waals surface area contributed by atoms with Crippen molar-refractivity contribution in [2.45, 2.75) is 65.2 Å². The number of unbranched alkanes of at least 4 members (excludes halogenated alkanes) is 4. The first-order valence-electron chi connectivity index (χ1n) is 15.0. The van der Waals surface area contributed by atoms with E-state index in [4.69, 9.17) is 9.97 Å². The molecule has 0 N–H and O–H groups in total. The van der Waals surface area contributed by atoms with Crippen LogP contribution in [0.5, 0.6) is 0 Å². The topological polar surface area (TPSA) is 25.8 Å². The number of aryl methyl sites for hydroxylation is 2. The molecule has 0 saturated carbocycles. The number of rotatable bonds is 8. The molecule has 208 valence electrons. The molecule has 0 spiro atoms. The molecular formula is C38H34N2S2. The zero-order valence-electron chi connectivity index (χ0n) is 24.3. The molecule has 0 radical (unpaired) electrons. The Bertz CT molecular complexity index is 1810. The first-order valence-corrected chi connectivity index (χ1v) is 16.7. The molecule has 0 bridgehead atoms. The van der Waals surface area contributed by atoms with Gasteiger partial charge in [0.2, 0.25) is 0 Å². The Morgan fingerprint density at radius 3 is 1.33 bits per heavy atom. The summed E-state index contributed by atoms with van der Waals surface area (Å²) in [5, 5.41) is 4.08. The predicted molar refractivity (Wildman–Crippen MR) is 182 cm³/mol. The number of benzene rings is 4. The van der Waals surface area contributed by atoms with Crippen LogP contribution in [0.4, 0.5) is 0 Å². The van der Waals surface area contributed by atoms with E-state index in [9.17, 15) is 0 Å². The standard InChI is InChI=1S/C38H34N2S2/c1-3-5-7-9-27-11-15-29(16-12-27)19-25-35-39-33-23-21-32-31(37(33)41-35)22-24-34-38(32)42-36(40-34)26-20-30-17-13-28(14-18-30)10-8-6-4-2/h11-18,21-24H,3-10H2,1-2H3. The zero-order chi connectivity index (χ0) is 28.7. The van der Waals surface area contributed by atoms with Crippen molar-refractivity contribution < 1.29 is 0 Å². The van der Waals surface area contributed by atoms with E-state index in [-0.39, 0.29) is 0 Å². The molecule has 0 aliphatic carbocycles. The minimum atomic E-state index is 0.844. The van der Waals surface area contributed by atoms with E-state index in [0.29, 0.717) is 0 Å². The van der Waals surface area contributed by atoms with E-state index in [1.165, 1.54) is 69.8 Å². The molecule has 42 heavy (non-hydrogen) atoms. The summed E-state index contributed by atoms with van der Waals surface area (Å²) in [4.78, 5) is 9.66. The molecule has 4 heteroatoms. The van der Waals surface area contributed by atoms with Crippen molar-refractivity contribution in [1.82, 2.24) is 9.97 Å². The molecule has 0 unspecified atom stereocenters. The van der Waals surface area contributed by atoms with Crippen LogP contribution in [0.15, 0.2) is 72.8 Å². The fourth-order valence-electron chi connectivity index (χ4n) is 5.20. The molecule has 0 fully saturated rings. The van der Waals surface area contributed by atoms with Crippen LogP contribution in [-0.2, 0) is 12.8 Å². The SMILES string of the molecule is CCCCCc1ccc(C#Cc2nc3ccc4c(ccc5nc(C#Cc6ccc(CCCCC)cc6)sc54)c3s2)cc1. The van der Waals surface area contributed by atoms with Gasteiger partial charge in [-0.1, -0.05) is 87.8 Å². The van der Waals surface area contributed by atoms with Gasteiger partial charge in [-0.25, -0.2) is 9.97 Å². The van der Waals surface area contributed by atoms with Crippen molar-refractivity contribution in [3.8, 4) is 23.7 Å². The summed E-state index contributed by atoms with van der Waals surface area (Å²) in [6.07, 6.45) is 9.84. The first-order chi connectivity index (χ1) is 20.7. The molecule has 6 rings (SSSR count). The maximum atomic E-state index is 4.83. The molecule has 0 amide bonds. The number of nitrogens with zero attached hydrogens (tertiary/aromatic N) is 2. The van der Waals surface area contributed by atoms with Crippen LogP contribution >= 0.6 is 22.7 Å². The lowest BCUT2D eigenvalue weighted by atomic mass is 10.1. The number of hydrogen-bond donors (Lipinski definition) is 0. The lowest BCUT2D eigenvalue weighted by molar-refractivity contribution is 0.717. The van der Waals surface area contributed by atoms with Crippen molar-refractivity contribution in [1.29, 1.82) is 0 Å². The summed E-state index contributed by atoms with van der Waals surface area (Å²) in [6, 6.07) is 25.9. The maximum Gasteiger partial charge on any atom is 0.168 e. The van der Waals surface area contributed by atoms with Gasteiger partial charge in [0.05, 0.1) is 20.4 Å². The molecule has 2 aromatic heterocycles. The van der Waals surface area contributed by atoms with E-state index in [1.54, 1.807) is 22.7 Å². The monoisotopic (exact) mass is 582 g/mol. The minimum absolute atomic E-state index is 0.844. The highest BCUT2D eigenvalue weighted by Crippen LogP contribution is 2.36. The van der Waals surface area contributed by atoms with Crippen LogP contribution in [0, 0.1) is 23.7 Å². The Morgan fingerprint density at radius 2 is 0.929 bits per heavy atom. The van der Waals surface area contributed by atoms with Crippen molar-refractivity contribution >= 4 is 53.9 Å². The number of thiazole rings is 2. The first kappa shape index (κ1) is 28.2. The van der Waals surface area contributed by atoms with Gasteiger partial charge in [-0.2, -0.15) is 0 Å². The predicted octanol–water partition coefficient (Wildman–Crippen LogP) is 10.3. The van der Waals surface area contributed by atoms with Gasteiger partial charge in [-0.15, -0.1) is 22.7 Å². The molecular weight excluding hydrogens is 549 g/mol. The Morgan fingerprint density at radius 1 is 0.500 bits per heavy atom. The average Bonchev–Trinajstić information content (AvgIpc) is 3.64. The molecule has 0 aliphatic rings. The molecule has 2 heterocycles. The van der Waals surface area contributed by atoms with Crippen molar-refractivity contribution in [3.63, 3.8) is 0 Å². The molecule has 0 atom stereocenters. The largest absolute Gasteiger partial charge is 0.228 e. The number of aromatic nitrogens is 2. The molecule has 2 nitrogen and oxygen atoms in total. The summed E-state index contributed by atoms with van der Waals surface area (Å²) in [7, 11) is 0. The van der Waals surface area contributed by atoms with Crippen LogP contribution in [0.2, 0.25) is 0 Å². The fourth-order valence-corrected chi connectivity index (χ4v) is 7.09. The normalized spacial score (nSPS) is 11.0. The van der Waals surface area contributed by atoms with Crippen molar-refractivity contribution in [2.24, 2.45) is 0 Å². The van der Waals surface area contributed by atoms with Crippen LogP contribution < -0.4 is 0 Å². The quantitative estimate of drug-likeness (QED) is 0.132. The minimum Gasteiger partial charge on any atom is -0.228 e. The van der Waals surface area contributed by atoms with Crippen molar-refractivity contribution in [3.05, 3.63) is 105 Å². The Balaban J connectivity index is 1.22. The van der Waals surface area contributed by atoms with Gasteiger partial charge in [-0.3, -0.25) is 0 Å². The van der Waals surface area contributed by atoms with E-state index in [0.717, 1.165) is 45.0 Å². The second kappa shape index (κ2) is 13.3. The third-order valence-electron chi connectivity index (χ3n) is 7.58. The highest BCUT2D eigenvalue weighted by atomic mass is 32.1. The Hall–Kier alpha value is -3.96. The summed E-state index contributed by atoms with van der Waals surface area (Å²) < 4.78 is 2.34. The summed E-state index contributed by atoms with van der Waals surface area (Å²) >= 11 is 3.33. The van der Waals surface area contributed by atoms with Gasteiger partial charge < -0.3 is 0 Å². The number of fused-ring (bicyclic) bond motifs is 5. The average molecular weight is 583 g/mol. The molecule has 0 saturated heterocycles. The van der Waals surface area contributed by atoms with Gasteiger partial charge in [0.15, 0.2) is 10.0 Å². The fraction of sp³-hybridized carbons (Fsp3) is 0.263. The third-order valence-corrected chi connectivity index (χ3v) is 9.62. The van der Waals surface area contributed by atoms with E-state index >= 15 is 0 Å². The molecule has 6 aromatic rings. The third kappa shape index (κ3) is 6.57. The van der Waals surface area contributed by atoms with Gasteiger partial charge in [0, 0.05) is 21.9 Å². The Kier molecular flexibility index (Phi) is 8.95. The van der Waals surface area contributed by atoms with Crippen LogP contribution in [-0.4, -0.2) is 9.97 Å². The van der Waals surface area contributed by atoms with Gasteiger partial charge in [-0.05, 0) is 85.0 Å². The van der Waals surface area contributed by atoms with E-state index in [1.807, 2.05) is 0 Å². The summed E-state index contributed by atoms with van der Waals surface area (Å²) in [5.74, 6) is 13.2. The van der Waals surface area contributed by atoms with E-state index in [2.05, 4.69) is 110 Å². The van der Waals surface area contributed by atoms with Crippen LogP contribution in [0.3, 0.4) is 0 Å². The summed E-state index contributed by atoms with van der Waals surface area (Å²) in [5.41, 5.74) is 6.81. The highest BCUT2D eigenvalue weighted by molar-refractivity contribution is 7.21. The van der Waals surface area contributed by atoms with E-state index < -0.39 is 0 Å². The van der Waals surface area contributed by atoms with Gasteiger partial charge in [0.1, 0.15) is 0 Å². The zero-order valence-corrected chi connectivity index (χ0v) is 25.9. The second-order valence-corrected chi connectivity index (χ2v) is 12.8. The Labute approximate surface area is 256 Å². The lowest BCUT2D eigenvalue weighted by Crippen LogP contribution is -1.85. The number of hydrogen-bond acceptors (Lipinski definition) is 4. The molecule has 0 aliphatic heterocycles. The maximum absolute atomic E-state index is 4.83. The van der Waals surface area contributed by atoms with Gasteiger partial charge >= 0.3 is 0 Å². The van der Waals surface area contributed by atoms with Crippen molar-refractivity contribution in [2.75, 3.05) is 0 Å². The van der Waals surface area contributed by atoms with Gasteiger partial charge in [0.25, 0.3) is 0 Å². The smallest absolute Gasteiger partial charge is 0.168 e. The van der Waals surface area contributed by atoms with Crippen LogP contribution in [0.1, 0.15) is 84.6 Å².